The van der Waals surface area contributed by atoms with Crippen LogP contribution in [-0.2, 0) is 15.0 Å². The highest BCUT2D eigenvalue weighted by Gasteiger charge is 2.42. The molecule has 2 aliphatic rings. The Morgan fingerprint density at radius 2 is 2.10 bits per heavy atom. The van der Waals surface area contributed by atoms with Crippen molar-refractivity contribution < 1.29 is 18.3 Å². The van der Waals surface area contributed by atoms with Gasteiger partial charge in [-0.05, 0) is 43.9 Å². The van der Waals surface area contributed by atoms with Gasteiger partial charge in [-0.1, -0.05) is 6.42 Å². The van der Waals surface area contributed by atoms with Crippen LogP contribution in [0.5, 0.6) is 0 Å². The number of fused-ring (bicyclic) bond motifs is 2. The monoisotopic (exact) mass is 304 g/mol. The van der Waals surface area contributed by atoms with E-state index in [2.05, 4.69) is 4.72 Å². The van der Waals surface area contributed by atoms with Crippen LogP contribution >= 0.6 is 0 Å². The largest absolute Gasteiger partial charge is 0.481 e. The first-order chi connectivity index (χ1) is 9.29. The van der Waals surface area contributed by atoms with Crippen molar-refractivity contribution in [3.8, 4) is 0 Å². The molecule has 4 unspecified atom stereocenters. The molecule has 2 bridgehead atoms. The predicted octanol–water partition coefficient (Wildman–Crippen LogP) is 1.05. The topological polar surface area (TPSA) is 86.7 Å². The van der Waals surface area contributed by atoms with Crippen molar-refractivity contribution in [1.82, 2.24) is 9.03 Å². The van der Waals surface area contributed by atoms with Crippen LogP contribution in [0.2, 0.25) is 0 Å². The van der Waals surface area contributed by atoms with Crippen LogP contribution in [0.15, 0.2) is 0 Å². The van der Waals surface area contributed by atoms with E-state index in [0.29, 0.717) is 11.8 Å². The van der Waals surface area contributed by atoms with Crippen molar-refractivity contribution in [2.24, 2.45) is 17.8 Å². The number of nitrogens with one attached hydrogen (secondary N) is 1. The molecule has 4 atom stereocenters. The van der Waals surface area contributed by atoms with Gasteiger partial charge in [-0.3, -0.25) is 4.79 Å². The van der Waals surface area contributed by atoms with E-state index >= 15 is 0 Å². The molecule has 0 aromatic rings. The van der Waals surface area contributed by atoms with Gasteiger partial charge in [-0.15, -0.1) is 0 Å². The molecule has 2 N–H and O–H groups in total. The van der Waals surface area contributed by atoms with Gasteiger partial charge >= 0.3 is 5.97 Å². The zero-order valence-corrected chi connectivity index (χ0v) is 12.9. The van der Waals surface area contributed by atoms with Crippen molar-refractivity contribution in [2.75, 3.05) is 13.6 Å². The van der Waals surface area contributed by atoms with Crippen molar-refractivity contribution in [3.63, 3.8) is 0 Å². The number of carboxylic acid groups (broad SMARTS) is 1. The van der Waals surface area contributed by atoms with Crippen LogP contribution in [0.3, 0.4) is 0 Å². The molecule has 2 aliphatic carbocycles. The lowest BCUT2D eigenvalue weighted by molar-refractivity contribution is -0.137. The summed E-state index contributed by atoms with van der Waals surface area (Å²) in [4.78, 5) is 10.5. The number of hydrogen-bond acceptors (Lipinski definition) is 3. The van der Waals surface area contributed by atoms with Crippen molar-refractivity contribution in [2.45, 2.75) is 45.1 Å². The van der Waals surface area contributed by atoms with Crippen LogP contribution < -0.4 is 4.72 Å². The highest BCUT2D eigenvalue weighted by Crippen LogP contribution is 2.49. The highest BCUT2D eigenvalue weighted by atomic mass is 32.2. The second-order valence-electron chi connectivity index (χ2n) is 6.22. The molecular weight excluding hydrogens is 280 g/mol. The molecule has 116 valence electrons. The molecule has 2 fully saturated rings. The molecule has 0 aromatic carbocycles. The molecule has 0 aliphatic heterocycles. The molecule has 2 rings (SSSR count). The number of nitrogens with zero attached hydrogens (tertiary/aromatic N) is 1. The predicted molar refractivity (Wildman–Crippen MR) is 75.3 cm³/mol. The summed E-state index contributed by atoms with van der Waals surface area (Å²) in [5.41, 5.74) is 0. The summed E-state index contributed by atoms with van der Waals surface area (Å²) >= 11 is 0. The van der Waals surface area contributed by atoms with Crippen molar-refractivity contribution in [3.05, 3.63) is 0 Å². The Morgan fingerprint density at radius 1 is 1.40 bits per heavy atom. The van der Waals surface area contributed by atoms with Crippen molar-refractivity contribution in [1.29, 1.82) is 0 Å². The first-order valence-corrected chi connectivity index (χ1v) is 8.69. The summed E-state index contributed by atoms with van der Waals surface area (Å²) in [6.07, 6.45) is 4.69. The Morgan fingerprint density at radius 3 is 2.60 bits per heavy atom. The standard InChI is InChI=1S/C13H24N2O4S/c1-9(12-8-10-3-4-11(12)7-10)14-20(18,19)15(2)6-5-13(16)17/h9-12,14H,3-8H2,1-2H3,(H,16,17). The number of aliphatic carboxylic acids is 1. The molecule has 0 saturated heterocycles. The molecule has 0 amide bonds. The van der Waals surface area contributed by atoms with E-state index in [4.69, 9.17) is 5.11 Å². The maximum absolute atomic E-state index is 12.1. The smallest absolute Gasteiger partial charge is 0.304 e. The second kappa shape index (κ2) is 5.99. The zero-order chi connectivity index (χ0) is 14.9. The summed E-state index contributed by atoms with van der Waals surface area (Å²) < 4.78 is 28.1. The van der Waals surface area contributed by atoms with E-state index in [1.165, 1.54) is 26.3 Å². The maximum atomic E-state index is 12.1. The molecule has 6 nitrogen and oxygen atoms in total. The number of rotatable bonds is 7. The van der Waals surface area contributed by atoms with Crippen LogP contribution in [0.4, 0.5) is 0 Å². The Bertz CT molecular complexity index is 465. The van der Waals surface area contributed by atoms with E-state index in [0.717, 1.165) is 16.6 Å². The van der Waals surface area contributed by atoms with Gasteiger partial charge in [0, 0.05) is 19.6 Å². The first kappa shape index (κ1) is 15.7. The van der Waals surface area contributed by atoms with Crippen molar-refractivity contribution >= 4 is 16.2 Å². The quantitative estimate of drug-likeness (QED) is 0.736. The Kier molecular flexibility index (Phi) is 4.71. The highest BCUT2D eigenvalue weighted by molar-refractivity contribution is 7.87. The lowest BCUT2D eigenvalue weighted by Gasteiger charge is -2.29. The lowest BCUT2D eigenvalue weighted by Crippen LogP contribution is -2.46. The summed E-state index contributed by atoms with van der Waals surface area (Å²) in [5, 5.41) is 8.61. The average Bonchev–Trinajstić information content (AvgIpc) is 2.97. The third kappa shape index (κ3) is 3.51. The fraction of sp³-hybridized carbons (Fsp3) is 0.923. The van der Waals surface area contributed by atoms with E-state index in [9.17, 15) is 13.2 Å². The molecule has 0 spiro atoms. The van der Waals surface area contributed by atoms with E-state index in [1.807, 2.05) is 6.92 Å². The van der Waals surface area contributed by atoms with Gasteiger partial charge in [0.15, 0.2) is 0 Å². The van der Waals surface area contributed by atoms with Gasteiger partial charge in [0.1, 0.15) is 0 Å². The van der Waals surface area contributed by atoms with E-state index in [1.54, 1.807) is 0 Å². The van der Waals surface area contributed by atoms with Gasteiger partial charge < -0.3 is 5.11 Å². The summed E-state index contributed by atoms with van der Waals surface area (Å²) in [5.74, 6) is 0.869. The molecule has 20 heavy (non-hydrogen) atoms. The molecule has 0 heterocycles. The lowest BCUT2D eigenvalue weighted by atomic mass is 9.84. The van der Waals surface area contributed by atoms with Crippen LogP contribution in [0, 0.1) is 17.8 Å². The Balaban J connectivity index is 1.89. The SMILES string of the molecule is CC(NS(=O)(=O)N(C)CCC(=O)O)C1CC2CCC1C2. The second-order valence-corrected chi connectivity index (χ2v) is 8.02. The normalized spacial score (nSPS) is 30.9. The number of carboxylic acids is 1. The molecule has 0 aromatic heterocycles. The molecular formula is C13H24N2O4S. The Labute approximate surface area is 120 Å². The maximum Gasteiger partial charge on any atom is 0.304 e. The zero-order valence-electron chi connectivity index (χ0n) is 12.1. The average molecular weight is 304 g/mol. The molecule has 0 radical (unpaired) electrons. The van der Waals surface area contributed by atoms with E-state index in [-0.39, 0.29) is 19.0 Å². The third-order valence-corrected chi connectivity index (χ3v) is 6.49. The first-order valence-electron chi connectivity index (χ1n) is 7.25. The summed E-state index contributed by atoms with van der Waals surface area (Å²) in [6.45, 7) is 1.92. The van der Waals surface area contributed by atoms with E-state index < -0.39 is 16.2 Å². The minimum atomic E-state index is -3.59. The van der Waals surface area contributed by atoms with Crippen LogP contribution in [-0.4, -0.2) is 43.4 Å². The summed E-state index contributed by atoms with van der Waals surface area (Å²) in [7, 11) is -2.17. The molecule has 7 heteroatoms. The Hall–Kier alpha value is -0.660. The fourth-order valence-electron chi connectivity index (χ4n) is 3.69. The van der Waals surface area contributed by atoms with Gasteiger partial charge in [0.2, 0.25) is 0 Å². The minimum Gasteiger partial charge on any atom is -0.481 e. The van der Waals surface area contributed by atoms with Gasteiger partial charge in [-0.25, -0.2) is 0 Å². The van der Waals surface area contributed by atoms with Gasteiger partial charge in [-0.2, -0.15) is 17.4 Å². The number of carbonyl (C=O) groups is 1. The fourth-order valence-corrected chi connectivity index (χ4v) is 4.85. The van der Waals surface area contributed by atoms with Gasteiger partial charge in [0.25, 0.3) is 10.2 Å². The summed E-state index contributed by atoms with van der Waals surface area (Å²) in [6, 6.07) is -0.0809. The van der Waals surface area contributed by atoms with Crippen LogP contribution in [0.25, 0.3) is 0 Å². The minimum absolute atomic E-state index is 0.00585. The van der Waals surface area contributed by atoms with Gasteiger partial charge in [0.05, 0.1) is 6.42 Å². The molecule has 2 saturated carbocycles. The van der Waals surface area contributed by atoms with Crippen LogP contribution in [0.1, 0.15) is 39.0 Å². The number of hydrogen-bond donors (Lipinski definition) is 2. The third-order valence-electron chi connectivity index (χ3n) is 4.82.